The van der Waals surface area contributed by atoms with Crippen LogP contribution in [-0.2, 0) is 0 Å². The minimum atomic E-state index is -0.00600. The van der Waals surface area contributed by atoms with E-state index in [1.807, 2.05) is 37.3 Å². The summed E-state index contributed by atoms with van der Waals surface area (Å²) < 4.78 is 18.0. The molecular formula is C24H27N3O3. The first-order valence-electron chi connectivity index (χ1n) is 10.7. The van der Waals surface area contributed by atoms with E-state index in [1.54, 1.807) is 0 Å². The highest BCUT2D eigenvalue weighted by Crippen LogP contribution is 2.38. The summed E-state index contributed by atoms with van der Waals surface area (Å²) >= 11 is 0. The Morgan fingerprint density at radius 3 is 2.97 bits per heavy atom. The predicted molar refractivity (Wildman–Crippen MR) is 118 cm³/mol. The number of nitrogens with zero attached hydrogens (tertiary/aromatic N) is 2. The number of hydrogen-bond donors (Lipinski definition) is 1. The van der Waals surface area contributed by atoms with Crippen LogP contribution in [0.4, 0.5) is 5.69 Å². The zero-order valence-electron chi connectivity index (χ0n) is 17.3. The van der Waals surface area contributed by atoms with E-state index >= 15 is 0 Å². The maximum absolute atomic E-state index is 6.27. The lowest BCUT2D eigenvalue weighted by Crippen LogP contribution is -2.40. The van der Waals surface area contributed by atoms with Gasteiger partial charge in [0, 0.05) is 24.2 Å². The first-order valence-corrected chi connectivity index (χ1v) is 10.7. The highest BCUT2D eigenvalue weighted by atomic mass is 16.6. The molecule has 1 N–H and O–H groups in total. The number of benzene rings is 2. The molecule has 1 unspecified atom stereocenters. The van der Waals surface area contributed by atoms with Crippen molar-refractivity contribution in [3.05, 3.63) is 54.2 Å². The summed E-state index contributed by atoms with van der Waals surface area (Å²) in [4.78, 5) is 6.99. The zero-order valence-corrected chi connectivity index (χ0v) is 17.3. The second-order valence-electron chi connectivity index (χ2n) is 7.82. The number of aromatic nitrogens is 1. The second kappa shape index (κ2) is 8.40. The molecule has 156 valence electrons. The first-order chi connectivity index (χ1) is 14.8. The van der Waals surface area contributed by atoms with Gasteiger partial charge in [0.25, 0.3) is 0 Å². The van der Waals surface area contributed by atoms with Gasteiger partial charge in [-0.1, -0.05) is 12.1 Å². The van der Waals surface area contributed by atoms with E-state index < -0.39 is 0 Å². The van der Waals surface area contributed by atoms with Gasteiger partial charge in [0.05, 0.1) is 17.7 Å². The molecule has 30 heavy (non-hydrogen) atoms. The Balaban J connectivity index is 1.13. The third-order valence-electron chi connectivity index (χ3n) is 5.61. The Labute approximate surface area is 176 Å². The van der Waals surface area contributed by atoms with E-state index in [2.05, 4.69) is 33.4 Å². The Morgan fingerprint density at radius 2 is 2.00 bits per heavy atom. The van der Waals surface area contributed by atoms with Crippen LogP contribution >= 0.6 is 0 Å². The maximum atomic E-state index is 6.27. The first kappa shape index (κ1) is 19.0. The summed E-state index contributed by atoms with van der Waals surface area (Å²) in [5, 5.41) is 4.54. The van der Waals surface area contributed by atoms with Gasteiger partial charge >= 0.3 is 0 Å². The number of para-hydroxylation sites is 2. The average molecular weight is 405 g/mol. The Morgan fingerprint density at radius 1 is 1.07 bits per heavy atom. The van der Waals surface area contributed by atoms with Crippen LogP contribution in [0.25, 0.3) is 10.9 Å². The van der Waals surface area contributed by atoms with Gasteiger partial charge in [-0.2, -0.15) is 0 Å². The van der Waals surface area contributed by atoms with Crippen LogP contribution in [0.5, 0.6) is 17.2 Å². The molecule has 6 heteroatoms. The molecule has 5 rings (SSSR count). The van der Waals surface area contributed by atoms with E-state index in [0.29, 0.717) is 6.61 Å². The number of anilines is 1. The molecule has 0 bridgehead atoms. The lowest BCUT2D eigenvalue weighted by Gasteiger charge is -2.31. The minimum Gasteiger partial charge on any atom is -0.490 e. The highest BCUT2D eigenvalue weighted by Gasteiger charge is 2.23. The molecule has 0 amide bonds. The molecule has 3 aromatic rings. The van der Waals surface area contributed by atoms with Gasteiger partial charge in [-0.25, -0.2) is 0 Å². The fraction of sp³-hybridized carbons (Fsp3) is 0.375. The molecule has 3 heterocycles. The van der Waals surface area contributed by atoms with Gasteiger partial charge in [0.15, 0.2) is 11.5 Å². The van der Waals surface area contributed by atoms with Gasteiger partial charge in [-0.15, -0.1) is 0 Å². The van der Waals surface area contributed by atoms with Crippen LogP contribution in [0.15, 0.2) is 48.5 Å². The molecule has 2 aromatic carbocycles. The van der Waals surface area contributed by atoms with Crippen molar-refractivity contribution >= 4 is 16.6 Å². The molecular weight excluding hydrogens is 378 g/mol. The van der Waals surface area contributed by atoms with E-state index in [0.717, 1.165) is 73.1 Å². The van der Waals surface area contributed by atoms with Crippen molar-refractivity contribution in [2.75, 3.05) is 44.3 Å². The number of rotatable bonds is 6. The Bertz CT molecular complexity index is 1040. The number of nitrogens with one attached hydrogen (secondary N) is 1. The van der Waals surface area contributed by atoms with Crippen LogP contribution < -0.4 is 24.4 Å². The highest BCUT2D eigenvalue weighted by molar-refractivity contribution is 5.88. The van der Waals surface area contributed by atoms with Crippen LogP contribution in [0.3, 0.4) is 0 Å². The lowest BCUT2D eigenvalue weighted by molar-refractivity contribution is 0.0925. The van der Waals surface area contributed by atoms with E-state index in [-0.39, 0.29) is 6.10 Å². The molecule has 0 spiro atoms. The number of fused-ring (bicyclic) bond motifs is 4. The molecule has 1 atom stereocenters. The number of aryl methyl sites for hydroxylation is 1. The van der Waals surface area contributed by atoms with E-state index in [1.165, 1.54) is 5.69 Å². The molecule has 0 fully saturated rings. The predicted octanol–water partition coefficient (Wildman–Crippen LogP) is 3.56. The van der Waals surface area contributed by atoms with Crippen molar-refractivity contribution in [2.45, 2.75) is 19.4 Å². The Hall–Kier alpha value is -2.99. The smallest absolute Gasteiger partial charge is 0.171 e. The lowest BCUT2D eigenvalue weighted by atomic mass is 10.1. The topological polar surface area (TPSA) is 55.9 Å². The summed E-state index contributed by atoms with van der Waals surface area (Å²) in [7, 11) is 0. The van der Waals surface area contributed by atoms with Gasteiger partial charge in [0.1, 0.15) is 25.1 Å². The molecule has 0 radical (unpaired) electrons. The van der Waals surface area contributed by atoms with Gasteiger partial charge < -0.3 is 24.4 Å². The van der Waals surface area contributed by atoms with Crippen molar-refractivity contribution in [3.63, 3.8) is 0 Å². The molecule has 0 aliphatic carbocycles. The molecule has 2 aliphatic rings. The van der Waals surface area contributed by atoms with Crippen molar-refractivity contribution in [3.8, 4) is 17.2 Å². The average Bonchev–Trinajstić information content (AvgIpc) is 2.78. The molecule has 2 aliphatic heterocycles. The summed E-state index contributed by atoms with van der Waals surface area (Å²) in [6, 6.07) is 16.3. The van der Waals surface area contributed by atoms with Crippen LogP contribution in [0, 0.1) is 6.92 Å². The SMILES string of the molecule is Cc1ccc2c3c(ccc2n1)OCC(CNCCCN1CCOc2ccccc21)O3. The quantitative estimate of drug-likeness (QED) is 0.633. The normalized spacial score (nSPS) is 17.5. The summed E-state index contributed by atoms with van der Waals surface area (Å²) in [5.41, 5.74) is 3.14. The van der Waals surface area contributed by atoms with Crippen molar-refractivity contribution < 1.29 is 14.2 Å². The van der Waals surface area contributed by atoms with Crippen LogP contribution in [-0.4, -0.2) is 50.5 Å². The van der Waals surface area contributed by atoms with Gasteiger partial charge in [-0.3, -0.25) is 4.98 Å². The van der Waals surface area contributed by atoms with Crippen LogP contribution in [0.1, 0.15) is 12.1 Å². The van der Waals surface area contributed by atoms with Crippen molar-refractivity contribution in [2.24, 2.45) is 0 Å². The fourth-order valence-corrected chi connectivity index (χ4v) is 4.10. The van der Waals surface area contributed by atoms with Crippen molar-refractivity contribution in [1.29, 1.82) is 0 Å². The van der Waals surface area contributed by atoms with Gasteiger partial charge in [-0.05, 0) is 56.3 Å². The third-order valence-corrected chi connectivity index (χ3v) is 5.61. The summed E-state index contributed by atoms with van der Waals surface area (Å²) in [6.07, 6.45) is 1.05. The standard InChI is InChI=1S/C24H27N3O3/c1-17-7-8-19-20(26-17)9-10-23-24(19)30-18(16-29-23)15-25-11-4-12-27-13-14-28-22-6-3-2-5-21(22)27/h2-3,5-10,18,25H,4,11-16H2,1H3. The van der Waals surface area contributed by atoms with Crippen molar-refractivity contribution in [1.82, 2.24) is 10.3 Å². The molecule has 0 saturated carbocycles. The fourth-order valence-electron chi connectivity index (χ4n) is 4.10. The van der Waals surface area contributed by atoms with E-state index in [4.69, 9.17) is 14.2 Å². The number of ether oxygens (including phenoxy) is 3. The molecule has 6 nitrogen and oxygen atoms in total. The minimum absolute atomic E-state index is 0.00600. The zero-order chi connectivity index (χ0) is 20.3. The molecule has 1 aromatic heterocycles. The summed E-state index contributed by atoms with van der Waals surface area (Å²) in [6.45, 7) is 6.94. The van der Waals surface area contributed by atoms with E-state index in [9.17, 15) is 0 Å². The Kier molecular flexibility index (Phi) is 5.32. The number of hydrogen-bond acceptors (Lipinski definition) is 6. The van der Waals surface area contributed by atoms with Gasteiger partial charge in [0.2, 0.25) is 0 Å². The largest absolute Gasteiger partial charge is 0.490 e. The monoisotopic (exact) mass is 405 g/mol. The number of pyridine rings is 1. The summed E-state index contributed by atoms with van der Waals surface area (Å²) in [5.74, 6) is 2.60. The second-order valence-corrected chi connectivity index (χ2v) is 7.82. The maximum Gasteiger partial charge on any atom is 0.171 e. The molecule has 0 saturated heterocycles. The van der Waals surface area contributed by atoms with Crippen LogP contribution in [0.2, 0.25) is 0 Å². The third kappa shape index (κ3) is 3.87.